The summed E-state index contributed by atoms with van der Waals surface area (Å²) in [5.74, 6) is -0.316. The highest BCUT2D eigenvalue weighted by Gasteiger charge is 2.13. The molecule has 2 rings (SSSR count). The number of esters is 1. The lowest BCUT2D eigenvalue weighted by Gasteiger charge is -2.05. The number of ether oxygens (including phenoxy) is 1. The molecule has 0 radical (unpaired) electrons. The lowest BCUT2D eigenvalue weighted by molar-refractivity contribution is 0.0607. The summed E-state index contributed by atoms with van der Waals surface area (Å²) in [6, 6.07) is 9.79. The minimum atomic E-state index is -0.316. The van der Waals surface area contributed by atoms with Crippen LogP contribution < -0.4 is 4.72 Å². The van der Waals surface area contributed by atoms with Crippen molar-refractivity contribution in [3.63, 3.8) is 0 Å². The van der Waals surface area contributed by atoms with Crippen LogP contribution in [0.2, 0.25) is 0 Å². The van der Waals surface area contributed by atoms with Gasteiger partial charge in [0.25, 0.3) is 0 Å². The smallest absolute Gasteiger partial charge is 0.350 e. The molecule has 2 aromatic rings. The summed E-state index contributed by atoms with van der Waals surface area (Å²) in [7, 11) is 1.38. The quantitative estimate of drug-likeness (QED) is 0.658. The largest absolute Gasteiger partial charge is 0.465 e. The molecule has 1 heterocycles. The van der Waals surface area contributed by atoms with Crippen molar-refractivity contribution in [2.75, 3.05) is 11.8 Å². The molecule has 0 bridgehead atoms. The summed E-state index contributed by atoms with van der Waals surface area (Å²) in [6.07, 6.45) is 0. The molecule has 0 spiro atoms. The van der Waals surface area contributed by atoms with E-state index < -0.39 is 0 Å². The Balaban J connectivity index is 2.04. The number of rotatable bonds is 4. The molecule has 0 amide bonds. The molecule has 0 saturated carbocycles. The number of carbonyl (C=O) groups excluding carboxylic acids is 1. The average Bonchev–Trinajstić information content (AvgIpc) is 2.85. The van der Waals surface area contributed by atoms with Gasteiger partial charge in [-0.15, -0.1) is 11.3 Å². The molecule has 94 valence electrons. The first kappa shape index (κ1) is 13.5. The Labute approximate surface area is 122 Å². The maximum Gasteiger partial charge on any atom is 0.350 e. The van der Waals surface area contributed by atoms with E-state index in [0.29, 0.717) is 4.88 Å². The number of halogens is 1. The third-order valence-corrected chi connectivity index (χ3v) is 4.38. The predicted octanol–water partition coefficient (Wildman–Crippen LogP) is 4.42. The van der Waals surface area contributed by atoms with Crippen LogP contribution in [-0.2, 0) is 4.74 Å². The molecule has 0 fully saturated rings. The van der Waals surface area contributed by atoms with Crippen LogP contribution in [0.5, 0.6) is 0 Å². The molecule has 0 saturated heterocycles. The van der Waals surface area contributed by atoms with E-state index in [1.807, 2.05) is 35.7 Å². The number of methoxy groups -OCH3 is 1. The van der Waals surface area contributed by atoms with E-state index in [4.69, 9.17) is 4.74 Å². The second-order valence-corrected chi connectivity index (χ2v) is 6.02. The van der Waals surface area contributed by atoms with E-state index in [1.165, 1.54) is 30.4 Å². The minimum absolute atomic E-state index is 0.316. The van der Waals surface area contributed by atoms with Crippen LogP contribution in [0.4, 0.5) is 5.69 Å². The van der Waals surface area contributed by atoms with Gasteiger partial charge in [-0.3, -0.25) is 0 Å². The highest BCUT2D eigenvalue weighted by molar-refractivity contribution is 9.10. The molecular formula is C12H10BrNO2S2. The molecule has 0 aliphatic carbocycles. The van der Waals surface area contributed by atoms with Crippen molar-refractivity contribution < 1.29 is 9.53 Å². The number of hydrogen-bond donors (Lipinski definition) is 1. The summed E-state index contributed by atoms with van der Waals surface area (Å²) in [6.45, 7) is 0. The van der Waals surface area contributed by atoms with E-state index in [2.05, 4.69) is 20.7 Å². The molecule has 1 N–H and O–H groups in total. The van der Waals surface area contributed by atoms with E-state index in [9.17, 15) is 4.79 Å². The van der Waals surface area contributed by atoms with Crippen molar-refractivity contribution in [1.82, 2.24) is 0 Å². The lowest BCUT2D eigenvalue weighted by atomic mass is 10.4. The van der Waals surface area contributed by atoms with Gasteiger partial charge >= 0.3 is 5.97 Å². The van der Waals surface area contributed by atoms with Crippen LogP contribution in [0.1, 0.15) is 9.67 Å². The average molecular weight is 344 g/mol. The van der Waals surface area contributed by atoms with Crippen molar-refractivity contribution in [2.45, 2.75) is 4.90 Å². The molecule has 6 heteroatoms. The monoisotopic (exact) mass is 343 g/mol. The van der Waals surface area contributed by atoms with Crippen molar-refractivity contribution in [1.29, 1.82) is 0 Å². The summed E-state index contributed by atoms with van der Waals surface area (Å²) in [5, 5.41) is 1.86. The first-order chi connectivity index (χ1) is 8.70. The molecule has 3 nitrogen and oxygen atoms in total. The van der Waals surface area contributed by atoms with Crippen molar-refractivity contribution in [2.24, 2.45) is 0 Å². The molecule has 0 atom stereocenters. The van der Waals surface area contributed by atoms with Gasteiger partial charge in [0.2, 0.25) is 0 Å². The fraction of sp³-hybridized carbons (Fsp3) is 0.0833. The Morgan fingerprint density at radius 3 is 2.72 bits per heavy atom. The molecule has 18 heavy (non-hydrogen) atoms. The zero-order chi connectivity index (χ0) is 13.0. The second-order valence-electron chi connectivity index (χ2n) is 3.31. The molecule has 0 aliphatic heterocycles. The highest BCUT2D eigenvalue weighted by atomic mass is 79.9. The summed E-state index contributed by atoms with van der Waals surface area (Å²) in [4.78, 5) is 13.1. The number of benzene rings is 1. The summed E-state index contributed by atoms with van der Waals surface area (Å²) in [5.41, 5.74) is 0.778. The molecule has 0 unspecified atom stereocenters. The van der Waals surface area contributed by atoms with Gasteiger partial charge < -0.3 is 9.46 Å². The number of hydrogen-bond acceptors (Lipinski definition) is 5. The van der Waals surface area contributed by atoms with Crippen LogP contribution in [0.3, 0.4) is 0 Å². The first-order valence-corrected chi connectivity index (χ1v) is 7.54. The number of carbonyl (C=O) groups is 1. The van der Waals surface area contributed by atoms with Crippen molar-refractivity contribution in [3.8, 4) is 0 Å². The van der Waals surface area contributed by atoms with Gasteiger partial charge in [0, 0.05) is 9.37 Å². The van der Waals surface area contributed by atoms with Gasteiger partial charge in [-0.05, 0) is 47.7 Å². The van der Waals surface area contributed by atoms with Gasteiger partial charge in [0.05, 0.1) is 12.8 Å². The van der Waals surface area contributed by atoms with E-state index in [1.54, 1.807) is 0 Å². The van der Waals surface area contributed by atoms with Crippen LogP contribution in [-0.4, -0.2) is 13.1 Å². The van der Waals surface area contributed by atoms with Crippen LogP contribution in [0.25, 0.3) is 0 Å². The molecular weight excluding hydrogens is 334 g/mol. The maximum atomic E-state index is 11.5. The Hall–Kier alpha value is -0.980. The Bertz CT molecular complexity index is 539. The fourth-order valence-electron chi connectivity index (χ4n) is 1.26. The Morgan fingerprint density at radius 2 is 2.06 bits per heavy atom. The molecule has 0 aliphatic rings. The second kappa shape index (κ2) is 6.26. The SMILES string of the molecule is COC(=O)c1sccc1NSc1ccc(Br)cc1. The standard InChI is InChI=1S/C12H10BrNO2S2/c1-16-12(15)11-10(6-7-17-11)14-18-9-4-2-8(13)3-5-9/h2-7,14H,1H3. The Morgan fingerprint density at radius 1 is 1.33 bits per heavy atom. The van der Waals surface area contributed by atoms with Crippen LogP contribution >= 0.6 is 39.2 Å². The fourth-order valence-corrected chi connectivity index (χ4v) is 3.02. The van der Waals surface area contributed by atoms with E-state index >= 15 is 0 Å². The zero-order valence-corrected chi connectivity index (χ0v) is 12.7. The third-order valence-electron chi connectivity index (χ3n) is 2.13. The van der Waals surface area contributed by atoms with E-state index in [0.717, 1.165) is 15.1 Å². The topological polar surface area (TPSA) is 38.3 Å². The van der Waals surface area contributed by atoms with Crippen LogP contribution in [0, 0.1) is 0 Å². The Kier molecular flexibility index (Phi) is 4.68. The third kappa shape index (κ3) is 3.28. The minimum Gasteiger partial charge on any atom is -0.465 e. The molecule has 1 aromatic carbocycles. The summed E-state index contributed by atoms with van der Waals surface area (Å²) < 4.78 is 8.91. The van der Waals surface area contributed by atoms with Gasteiger partial charge in [-0.25, -0.2) is 4.79 Å². The predicted molar refractivity (Wildman–Crippen MR) is 79.3 cm³/mol. The molecule has 1 aromatic heterocycles. The van der Waals surface area contributed by atoms with Gasteiger partial charge in [-0.1, -0.05) is 15.9 Å². The van der Waals surface area contributed by atoms with Crippen molar-refractivity contribution in [3.05, 3.63) is 45.1 Å². The first-order valence-electron chi connectivity index (χ1n) is 5.05. The lowest BCUT2D eigenvalue weighted by Crippen LogP contribution is -2.01. The highest BCUT2D eigenvalue weighted by Crippen LogP contribution is 2.28. The van der Waals surface area contributed by atoms with Gasteiger partial charge in [-0.2, -0.15) is 0 Å². The number of nitrogens with one attached hydrogen (secondary N) is 1. The van der Waals surface area contributed by atoms with Gasteiger partial charge in [0.1, 0.15) is 4.88 Å². The zero-order valence-electron chi connectivity index (χ0n) is 9.48. The maximum absolute atomic E-state index is 11.5. The summed E-state index contributed by atoms with van der Waals surface area (Å²) >= 11 is 6.21. The van der Waals surface area contributed by atoms with Crippen molar-refractivity contribution >= 4 is 50.9 Å². The van der Waals surface area contributed by atoms with Gasteiger partial charge in [0.15, 0.2) is 0 Å². The normalized spacial score (nSPS) is 10.1. The number of anilines is 1. The van der Waals surface area contributed by atoms with E-state index in [-0.39, 0.29) is 5.97 Å². The number of thiophene rings is 1. The van der Waals surface area contributed by atoms with Crippen LogP contribution in [0.15, 0.2) is 45.1 Å².